The predicted octanol–water partition coefficient (Wildman–Crippen LogP) is 3.10. The zero-order chi connectivity index (χ0) is 16.5. The third kappa shape index (κ3) is 8.71. The molecule has 0 amide bonds. The third-order valence-corrected chi connectivity index (χ3v) is 3.06. The largest absolute Gasteiger partial charge is 0.469 e. The first-order valence-electron chi connectivity index (χ1n) is 7.54. The van der Waals surface area contributed by atoms with Crippen LogP contribution in [-0.4, -0.2) is 37.9 Å². The standard InChI is InChI=1S/C9H16O3.C7H14O2/c1-3-5-8(10)12-9(4-2)6-11-7-9;1-7(2,3)5-6(8)9-4/h3-7H2,1-2H3;5H2,1-4H3. The average Bonchev–Trinajstić information content (AvgIpc) is 2.33. The van der Waals surface area contributed by atoms with Crippen LogP contribution in [0.5, 0.6) is 0 Å². The van der Waals surface area contributed by atoms with E-state index in [1.807, 2.05) is 34.6 Å². The van der Waals surface area contributed by atoms with Crippen molar-refractivity contribution >= 4 is 11.9 Å². The van der Waals surface area contributed by atoms with Crippen molar-refractivity contribution in [3.05, 3.63) is 0 Å². The van der Waals surface area contributed by atoms with E-state index in [9.17, 15) is 9.59 Å². The maximum absolute atomic E-state index is 11.1. The summed E-state index contributed by atoms with van der Waals surface area (Å²) in [4.78, 5) is 21.7. The lowest BCUT2D eigenvalue weighted by Gasteiger charge is -2.39. The Morgan fingerprint density at radius 3 is 1.95 bits per heavy atom. The molecule has 0 atom stereocenters. The molecule has 1 aliphatic rings. The van der Waals surface area contributed by atoms with Gasteiger partial charge in [0, 0.05) is 6.42 Å². The second kappa shape index (κ2) is 9.03. The number of carbonyl (C=O) groups excluding carboxylic acids is 2. The topological polar surface area (TPSA) is 61.8 Å². The number of rotatable bonds is 5. The highest BCUT2D eigenvalue weighted by Crippen LogP contribution is 2.26. The van der Waals surface area contributed by atoms with Gasteiger partial charge in [-0.25, -0.2) is 0 Å². The number of esters is 2. The Hall–Kier alpha value is -1.10. The van der Waals surface area contributed by atoms with Gasteiger partial charge in [0.1, 0.15) is 0 Å². The van der Waals surface area contributed by atoms with E-state index in [0.717, 1.165) is 12.8 Å². The van der Waals surface area contributed by atoms with E-state index in [2.05, 4.69) is 4.74 Å². The normalized spacial score (nSPS) is 16.1. The zero-order valence-corrected chi connectivity index (χ0v) is 14.3. The van der Waals surface area contributed by atoms with Crippen LogP contribution in [0.1, 0.15) is 60.3 Å². The average molecular weight is 302 g/mol. The van der Waals surface area contributed by atoms with Crippen molar-refractivity contribution in [3.63, 3.8) is 0 Å². The molecule has 0 aliphatic carbocycles. The number of carbonyl (C=O) groups is 2. The van der Waals surface area contributed by atoms with Crippen LogP contribution in [0, 0.1) is 5.41 Å². The van der Waals surface area contributed by atoms with Gasteiger partial charge in [0.25, 0.3) is 0 Å². The smallest absolute Gasteiger partial charge is 0.306 e. The van der Waals surface area contributed by atoms with Crippen LogP contribution in [0.15, 0.2) is 0 Å². The fourth-order valence-corrected chi connectivity index (χ4v) is 1.67. The fraction of sp³-hybridized carbons (Fsp3) is 0.875. The van der Waals surface area contributed by atoms with Crippen LogP contribution >= 0.6 is 0 Å². The van der Waals surface area contributed by atoms with Gasteiger partial charge in [-0.15, -0.1) is 0 Å². The number of ether oxygens (including phenoxy) is 3. The van der Waals surface area contributed by atoms with E-state index >= 15 is 0 Å². The molecule has 5 nitrogen and oxygen atoms in total. The first kappa shape index (κ1) is 19.9. The second-order valence-electron chi connectivity index (χ2n) is 6.57. The maximum atomic E-state index is 11.1. The van der Waals surface area contributed by atoms with E-state index in [4.69, 9.17) is 9.47 Å². The summed E-state index contributed by atoms with van der Waals surface area (Å²) in [5, 5.41) is 0. The third-order valence-electron chi connectivity index (χ3n) is 3.06. The minimum absolute atomic E-state index is 0.0487. The molecular formula is C16H30O5. The van der Waals surface area contributed by atoms with Gasteiger partial charge in [-0.05, 0) is 18.3 Å². The molecule has 1 fully saturated rings. The summed E-state index contributed by atoms with van der Waals surface area (Å²) in [6.45, 7) is 11.1. The van der Waals surface area contributed by atoms with Gasteiger partial charge >= 0.3 is 11.9 Å². The Kier molecular flexibility index (Phi) is 8.55. The van der Waals surface area contributed by atoms with Crippen molar-refractivity contribution in [2.75, 3.05) is 20.3 Å². The van der Waals surface area contributed by atoms with Crippen LogP contribution in [0.2, 0.25) is 0 Å². The lowest BCUT2D eigenvalue weighted by molar-refractivity contribution is -0.214. The molecule has 0 bridgehead atoms. The van der Waals surface area contributed by atoms with E-state index in [-0.39, 0.29) is 23.0 Å². The Labute approximate surface area is 128 Å². The molecule has 0 saturated carbocycles. The summed E-state index contributed by atoms with van der Waals surface area (Å²) in [6.07, 6.45) is 2.70. The zero-order valence-electron chi connectivity index (χ0n) is 14.3. The molecule has 0 aromatic rings. The minimum Gasteiger partial charge on any atom is -0.469 e. The molecular weight excluding hydrogens is 272 g/mol. The first-order valence-corrected chi connectivity index (χ1v) is 7.54. The summed E-state index contributed by atoms with van der Waals surface area (Å²) in [5.41, 5.74) is -0.237. The van der Waals surface area contributed by atoms with Crippen LogP contribution < -0.4 is 0 Å². The molecule has 1 heterocycles. The van der Waals surface area contributed by atoms with Crippen LogP contribution in [0.3, 0.4) is 0 Å². The molecule has 1 rings (SSSR count). The highest BCUT2D eigenvalue weighted by molar-refractivity contribution is 5.70. The number of methoxy groups -OCH3 is 1. The monoisotopic (exact) mass is 302 g/mol. The molecule has 0 radical (unpaired) electrons. The first-order chi connectivity index (χ1) is 9.68. The van der Waals surface area contributed by atoms with E-state index in [1.165, 1.54) is 7.11 Å². The Morgan fingerprint density at radius 2 is 1.71 bits per heavy atom. The number of hydrogen-bond donors (Lipinski definition) is 0. The molecule has 0 aromatic heterocycles. The Morgan fingerprint density at radius 1 is 1.14 bits per heavy atom. The molecule has 5 heteroatoms. The van der Waals surface area contributed by atoms with E-state index in [1.54, 1.807) is 0 Å². The fourth-order valence-electron chi connectivity index (χ4n) is 1.67. The molecule has 1 aliphatic heterocycles. The van der Waals surface area contributed by atoms with Gasteiger partial charge in [-0.3, -0.25) is 9.59 Å². The Bertz CT molecular complexity index is 321. The highest BCUT2D eigenvalue weighted by Gasteiger charge is 2.40. The van der Waals surface area contributed by atoms with Crippen molar-refractivity contribution in [1.29, 1.82) is 0 Å². The number of hydrogen-bond acceptors (Lipinski definition) is 5. The lowest BCUT2D eigenvalue weighted by Crippen LogP contribution is -2.52. The Balaban J connectivity index is 0.000000400. The summed E-state index contributed by atoms with van der Waals surface area (Å²) < 4.78 is 14.8. The van der Waals surface area contributed by atoms with Crippen LogP contribution in [0.4, 0.5) is 0 Å². The maximum Gasteiger partial charge on any atom is 0.306 e. The van der Waals surface area contributed by atoms with Crippen molar-refractivity contribution in [3.8, 4) is 0 Å². The predicted molar refractivity (Wildman–Crippen MR) is 80.9 cm³/mol. The van der Waals surface area contributed by atoms with Crippen LogP contribution in [-0.2, 0) is 23.8 Å². The van der Waals surface area contributed by atoms with Gasteiger partial charge in [0.15, 0.2) is 5.60 Å². The van der Waals surface area contributed by atoms with Crippen molar-refractivity contribution in [2.24, 2.45) is 5.41 Å². The van der Waals surface area contributed by atoms with E-state index in [0.29, 0.717) is 26.1 Å². The summed E-state index contributed by atoms with van der Waals surface area (Å²) in [7, 11) is 1.41. The van der Waals surface area contributed by atoms with Crippen LogP contribution in [0.25, 0.3) is 0 Å². The van der Waals surface area contributed by atoms with Gasteiger partial charge in [0.05, 0.1) is 26.7 Å². The van der Waals surface area contributed by atoms with Gasteiger partial charge in [-0.2, -0.15) is 0 Å². The molecule has 0 unspecified atom stereocenters. The summed E-state index contributed by atoms with van der Waals surface area (Å²) >= 11 is 0. The highest BCUT2D eigenvalue weighted by atomic mass is 16.6. The molecule has 0 aromatic carbocycles. The molecule has 0 N–H and O–H groups in total. The summed E-state index contributed by atoms with van der Waals surface area (Å²) in [6, 6.07) is 0. The van der Waals surface area contributed by atoms with Gasteiger partial charge < -0.3 is 14.2 Å². The summed E-state index contributed by atoms with van der Waals surface area (Å²) in [5.74, 6) is -0.231. The van der Waals surface area contributed by atoms with Crippen molar-refractivity contribution in [2.45, 2.75) is 65.9 Å². The molecule has 21 heavy (non-hydrogen) atoms. The van der Waals surface area contributed by atoms with Crippen molar-refractivity contribution in [1.82, 2.24) is 0 Å². The molecule has 124 valence electrons. The van der Waals surface area contributed by atoms with E-state index < -0.39 is 0 Å². The molecule has 1 saturated heterocycles. The van der Waals surface area contributed by atoms with Gasteiger partial charge in [0.2, 0.25) is 0 Å². The quantitative estimate of drug-likeness (QED) is 0.730. The second-order valence-corrected chi connectivity index (χ2v) is 6.57. The SMILES string of the molecule is CCCC(=O)OC1(CC)COC1.COC(=O)CC(C)(C)C. The lowest BCUT2D eigenvalue weighted by atomic mass is 9.93. The van der Waals surface area contributed by atoms with Gasteiger partial charge in [-0.1, -0.05) is 34.6 Å². The minimum atomic E-state index is -0.285. The molecule has 0 spiro atoms. The van der Waals surface area contributed by atoms with Crippen molar-refractivity contribution < 1.29 is 23.8 Å².